The van der Waals surface area contributed by atoms with Gasteiger partial charge in [0.1, 0.15) is 5.69 Å². The van der Waals surface area contributed by atoms with Crippen molar-refractivity contribution in [2.24, 2.45) is 0 Å². The fourth-order valence-corrected chi connectivity index (χ4v) is 4.46. The molecule has 10 nitrogen and oxygen atoms in total. The molecule has 3 N–H and O–H groups in total. The lowest BCUT2D eigenvalue weighted by Gasteiger charge is -2.32. The third kappa shape index (κ3) is 5.54. The van der Waals surface area contributed by atoms with E-state index in [2.05, 4.69) is 15.2 Å². The Hall–Kier alpha value is -2.63. The highest BCUT2D eigenvalue weighted by atomic mass is 35.5. The van der Waals surface area contributed by atoms with Crippen LogP contribution >= 0.6 is 11.6 Å². The minimum atomic E-state index is -2.62. The van der Waals surface area contributed by atoms with Gasteiger partial charge in [-0.2, -0.15) is 4.31 Å². The highest BCUT2D eigenvalue weighted by Crippen LogP contribution is 2.36. The molecule has 0 bridgehead atoms. The van der Waals surface area contributed by atoms with E-state index in [1.54, 1.807) is 6.92 Å². The summed E-state index contributed by atoms with van der Waals surface area (Å²) in [6.45, 7) is 3.74. The molecule has 0 aromatic carbocycles. The maximum Gasteiger partial charge on any atom is 0.335 e. The number of likely N-dealkylation sites (N-methyl/N-ethyl adjacent to an activating group) is 1. The van der Waals surface area contributed by atoms with Crippen molar-refractivity contribution in [2.75, 3.05) is 30.7 Å². The van der Waals surface area contributed by atoms with Crippen LogP contribution in [0.2, 0.25) is 5.02 Å². The van der Waals surface area contributed by atoms with Crippen molar-refractivity contribution in [1.29, 1.82) is 0 Å². The van der Waals surface area contributed by atoms with Gasteiger partial charge in [0.25, 0.3) is 0 Å². The number of aromatic nitrogens is 1. The number of nitrogens with two attached hydrogens (primary N) is 1. The number of nitrogens with zero attached hydrogens (tertiary/aromatic N) is 4. The third-order valence-corrected chi connectivity index (χ3v) is 6.53. The lowest BCUT2D eigenvalue weighted by molar-refractivity contribution is -0.383. The summed E-state index contributed by atoms with van der Waals surface area (Å²) < 4.78 is 24.0. The predicted molar refractivity (Wildman–Crippen MR) is 121 cm³/mol. The maximum atomic E-state index is 11.4. The van der Waals surface area contributed by atoms with E-state index in [0.717, 1.165) is 31.5 Å². The Bertz CT molecular complexity index is 977. The topological polar surface area (TPSA) is 135 Å². The van der Waals surface area contributed by atoms with Crippen LogP contribution in [0, 0.1) is 10.1 Å². The number of anilines is 2. The molecule has 1 saturated heterocycles. The molecule has 0 unspecified atom stereocenters. The SMILES string of the molecule is CCN(C1C=CC(=CN2CCC(Nc3c(Cl)cnc(N)c3[N+](=O)[O-])CC2)C=C1)[SH](=O)=O. The first-order chi connectivity index (χ1) is 14.8. The van der Waals surface area contributed by atoms with Gasteiger partial charge in [0.15, 0.2) is 0 Å². The van der Waals surface area contributed by atoms with Gasteiger partial charge >= 0.3 is 5.69 Å². The minimum absolute atomic E-state index is 0.0148. The van der Waals surface area contributed by atoms with E-state index >= 15 is 0 Å². The van der Waals surface area contributed by atoms with Gasteiger partial charge in [-0.25, -0.2) is 13.4 Å². The molecule has 1 aliphatic carbocycles. The molecule has 31 heavy (non-hydrogen) atoms. The average Bonchev–Trinajstić information content (AvgIpc) is 2.73. The Morgan fingerprint density at radius 1 is 1.39 bits per heavy atom. The molecule has 0 saturated carbocycles. The van der Waals surface area contributed by atoms with Gasteiger partial charge in [-0.15, -0.1) is 0 Å². The number of piperidine rings is 1. The number of nitrogen functional groups attached to an aromatic ring is 1. The summed E-state index contributed by atoms with van der Waals surface area (Å²) in [6.07, 6.45) is 12.4. The van der Waals surface area contributed by atoms with E-state index in [1.165, 1.54) is 10.5 Å². The normalized spacial score (nSPS) is 19.3. The van der Waals surface area contributed by atoms with Crippen LogP contribution < -0.4 is 11.1 Å². The molecule has 168 valence electrons. The molecule has 1 aliphatic heterocycles. The van der Waals surface area contributed by atoms with Crippen molar-refractivity contribution >= 4 is 39.7 Å². The van der Waals surface area contributed by atoms with Crippen LogP contribution in [0.5, 0.6) is 0 Å². The molecular weight excluding hydrogens is 444 g/mol. The van der Waals surface area contributed by atoms with Crippen molar-refractivity contribution in [3.8, 4) is 0 Å². The molecule has 0 atom stereocenters. The number of likely N-dealkylation sites (tertiary alicyclic amines) is 1. The number of pyridine rings is 1. The molecule has 1 fully saturated rings. The standard InChI is InChI=1S/C19H25ClN6O4S/c1-2-25(31(29)30)15-5-3-13(4-6-15)12-24-9-7-14(8-10-24)23-17-16(20)11-22-19(21)18(17)26(27)28/h3-6,11-12,14-15,31H,2,7-10H2,1H3,(H3,21,22,23). The van der Waals surface area contributed by atoms with E-state index in [0.29, 0.717) is 6.54 Å². The number of nitro groups is 1. The Morgan fingerprint density at radius 2 is 2.03 bits per heavy atom. The van der Waals surface area contributed by atoms with E-state index < -0.39 is 15.8 Å². The predicted octanol–water partition coefficient (Wildman–Crippen LogP) is 2.33. The fourth-order valence-electron chi connectivity index (χ4n) is 3.66. The van der Waals surface area contributed by atoms with Crippen molar-refractivity contribution in [2.45, 2.75) is 31.8 Å². The van der Waals surface area contributed by atoms with Gasteiger partial charge in [-0.1, -0.05) is 42.8 Å². The summed E-state index contributed by atoms with van der Waals surface area (Å²) in [6, 6.07) is -0.243. The lowest BCUT2D eigenvalue weighted by atomic mass is 10.0. The summed E-state index contributed by atoms with van der Waals surface area (Å²) in [5.41, 5.74) is 6.55. The molecule has 12 heteroatoms. The van der Waals surface area contributed by atoms with Crippen molar-refractivity contribution in [3.05, 3.63) is 57.4 Å². The van der Waals surface area contributed by atoms with Crippen LogP contribution in [0.1, 0.15) is 19.8 Å². The zero-order valence-corrected chi connectivity index (χ0v) is 18.6. The average molecular weight is 469 g/mol. The van der Waals surface area contributed by atoms with Gasteiger partial charge in [0, 0.05) is 31.9 Å². The van der Waals surface area contributed by atoms with E-state index in [9.17, 15) is 18.5 Å². The second kappa shape index (κ2) is 10.1. The third-order valence-electron chi connectivity index (χ3n) is 5.28. The monoisotopic (exact) mass is 468 g/mol. The van der Waals surface area contributed by atoms with Gasteiger partial charge in [0.05, 0.1) is 22.2 Å². The molecule has 0 spiro atoms. The first kappa shape index (κ1) is 23.0. The fraction of sp³-hybridized carbons (Fsp3) is 0.421. The number of thiol groups is 1. The quantitative estimate of drug-likeness (QED) is 0.315. The number of hydrogen-bond donors (Lipinski definition) is 3. The molecule has 2 heterocycles. The summed E-state index contributed by atoms with van der Waals surface area (Å²) in [4.78, 5) is 16.7. The number of hydrogen-bond acceptors (Lipinski definition) is 8. The molecule has 3 rings (SSSR count). The van der Waals surface area contributed by atoms with Crippen LogP contribution in [-0.2, 0) is 10.9 Å². The second-order valence-corrected chi connectivity index (χ2v) is 8.65. The Kier molecular flexibility index (Phi) is 7.52. The number of nitrogens with one attached hydrogen (secondary N) is 1. The highest BCUT2D eigenvalue weighted by Gasteiger charge is 2.26. The van der Waals surface area contributed by atoms with Crippen molar-refractivity contribution in [1.82, 2.24) is 14.2 Å². The summed E-state index contributed by atoms with van der Waals surface area (Å²) in [7, 11) is -2.62. The second-order valence-electron chi connectivity index (χ2n) is 7.26. The van der Waals surface area contributed by atoms with Gasteiger partial charge in [-0.05, 0) is 18.4 Å². The zero-order valence-electron chi connectivity index (χ0n) is 17.0. The molecule has 1 aromatic heterocycles. The molecule has 2 aliphatic rings. The van der Waals surface area contributed by atoms with E-state index in [1.807, 2.05) is 30.5 Å². The van der Waals surface area contributed by atoms with Crippen LogP contribution in [-0.4, -0.2) is 59.2 Å². The number of halogens is 1. The minimum Gasteiger partial charge on any atom is -0.378 e. The summed E-state index contributed by atoms with van der Waals surface area (Å²) >= 11 is 6.12. The Balaban J connectivity index is 1.60. The zero-order chi connectivity index (χ0) is 22.5. The first-order valence-corrected chi connectivity index (χ1v) is 11.4. The molecular formula is C19H25ClN6O4S. The molecule has 1 aromatic rings. The van der Waals surface area contributed by atoms with Gasteiger partial charge < -0.3 is 16.0 Å². The smallest absolute Gasteiger partial charge is 0.335 e. The van der Waals surface area contributed by atoms with Crippen LogP contribution in [0.25, 0.3) is 0 Å². The van der Waals surface area contributed by atoms with Crippen molar-refractivity contribution in [3.63, 3.8) is 0 Å². The van der Waals surface area contributed by atoms with Crippen LogP contribution in [0.3, 0.4) is 0 Å². The van der Waals surface area contributed by atoms with E-state index in [4.69, 9.17) is 17.3 Å². The van der Waals surface area contributed by atoms with Crippen molar-refractivity contribution < 1.29 is 13.3 Å². The summed E-state index contributed by atoms with van der Waals surface area (Å²) in [5.74, 6) is -0.170. The van der Waals surface area contributed by atoms with Gasteiger partial charge in [-0.3, -0.25) is 10.1 Å². The van der Waals surface area contributed by atoms with Crippen LogP contribution in [0.15, 0.2) is 42.3 Å². The Labute approximate surface area is 187 Å². The number of allylic oxidation sites excluding steroid dienone is 3. The maximum absolute atomic E-state index is 11.4. The molecule has 0 radical (unpaired) electrons. The highest BCUT2D eigenvalue weighted by molar-refractivity contribution is 7.69. The Morgan fingerprint density at radius 3 is 2.58 bits per heavy atom. The number of rotatable bonds is 7. The lowest BCUT2D eigenvalue weighted by Crippen LogP contribution is -2.36. The van der Waals surface area contributed by atoms with E-state index in [-0.39, 0.29) is 34.3 Å². The molecule has 0 amide bonds. The van der Waals surface area contributed by atoms with Gasteiger partial charge in [0.2, 0.25) is 16.7 Å². The first-order valence-electron chi connectivity index (χ1n) is 9.88. The van der Waals surface area contributed by atoms with Crippen LogP contribution in [0.4, 0.5) is 17.2 Å². The largest absolute Gasteiger partial charge is 0.378 e. The summed E-state index contributed by atoms with van der Waals surface area (Å²) in [5, 5.41) is 14.7.